The van der Waals surface area contributed by atoms with Crippen molar-refractivity contribution < 1.29 is 14.5 Å². The molecule has 0 unspecified atom stereocenters. The molecule has 0 fully saturated rings. The summed E-state index contributed by atoms with van der Waals surface area (Å²) in [6.45, 7) is 0. The molecule has 0 aliphatic heterocycles. The van der Waals surface area contributed by atoms with E-state index in [0.29, 0.717) is 5.69 Å². The fraction of sp³-hybridized carbons (Fsp3) is 0.0909. The lowest BCUT2D eigenvalue weighted by atomic mass is 10.1. The van der Waals surface area contributed by atoms with Gasteiger partial charge in [0.1, 0.15) is 6.33 Å². The van der Waals surface area contributed by atoms with E-state index in [0.717, 1.165) is 27.6 Å². The summed E-state index contributed by atoms with van der Waals surface area (Å²) in [6, 6.07) is 16.0. The monoisotopic (exact) mass is 447 g/mol. The van der Waals surface area contributed by atoms with Gasteiger partial charge in [-0.25, -0.2) is 14.8 Å². The summed E-state index contributed by atoms with van der Waals surface area (Å²) >= 11 is 1.14. The molecule has 0 N–H and O–H groups in total. The Morgan fingerprint density at radius 2 is 1.84 bits per heavy atom. The van der Waals surface area contributed by atoms with Gasteiger partial charge in [-0.2, -0.15) is 0 Å². The van der Waals surface area contributed by atoms with E-state index in [1.807, 2.05) is 30.3 Å². The van der Waals surface area contributed by atoms with Crippen LogP contribution in [-0.4, -0.2) is 40.0 Å². The highest BCUT2D eigenvalue weighted by Crippen LogP contribution is 2.41. The van der Waals surface area contributed by atoms with Gasteiger partial charge in [-0.05, 0) is 24.3 Å². The first-order valence-corrected chi connectivity index (χ1v) is 10.2. The van der Waals surface area contributed by atoms with E-state index in [1.54, 1.807) is 37.5 Å². The van der Waals surface area contributed by atoms with Crippen molar-refractivity contribution in [1.29, 1.82) is 0 Å². The van der Waals surface area contributed by atoms with Crippen molar-refractivity contribution in [1.82, 2.24) is 15.0 Å². The first kappa shape index (κ1) is 21.2. The predicted octanol–water partition coefficient (Wildman–Crippen LogP) is 4.64. The molecular formula is C22H17N5O4S. The van der Waals surface area contributed by atoms with Gasteiger partial charge < -0.3 is 9.64 Å². The number of para-hydroxylation sites is 2. The summed E-state index contributed by atoms with van der Waals surface area (Å²) in [5.74, 6) is -0.502. The lowest BCUT2D eigenvalue weighted by Gasteiger charge is -2.20. The van der Waals surface area contributed by atoms with E-state index in [2.05, 4.69) is 15.0 Å². The Bertz CT molecular complexity index is 1330. The second-order valence-corrected chi connectivity index (χ2v) is 7.64. The molecule has 0 radical (unpaired) electrons. The molecule has 4 aromatic rings. The number of aromatic nitrogens is 3. The van der Waals surface area contributed by atoms with E-state index in [4.69, 9.17) is 4.74 Å². The Morgan fingerprint density at radius 1 is 1.06 bits per heavy atom. The molecule has 9 nitrogen and oxygen atoms in total. The predicted molar refractivity (Wildman–Crippen MR) is 120 cm³/mol. The number of rotatable bonds is 6. The molecule has 0 amide bonds. The van der Waals surface area contributed by atoms with Gasteiger partial charge in [0.05, 0.1) is 28.8 Å². The third-order valence-electron chi connectivity index (χ3n) is 4.74. The molecule has 0 bridgehead atoms. The Balaban J connectivity index is 1.82. The largest absolute Gasteiger partial charge is 0.465 e. The Morgan fingerprint density at radius 3 is 2.62 bits per heavy atom. The lowest BCUT2D eigenvalue weighted by Crippen LogP contribution is -2.18. The van der Waals surface area contributed by atoms with Crippen molar-refractivity contribution in [3.63, 3.8) is 0 Å². The molecule has 32 heavy (non-hydrogen) atoms. The average molecular weight is 447 g/mol. The minimum atomic E-state index is -0.555. The molecule has 0 spiro atoms. The van der Waals surface area contributed by atoms with E-state index in [-0.39, 0.29) is 22.1 Å². The first-order chi connectivity index (χ1) is 15.5. The average Bonchev–Trinajstić information content (AvgIpc) is 2.83. The van der Waals surface area contributed by atoms with Crippen molar-refractivity contribution in [3.05, 3.63) is 82.8 Å². The number of anilines is 2. The zero-order valence-electron chi connectivity index (χ0n) is 17.1. The third kappa shape index (κ3) is 3.95. The van der Waals surface area contributed by atoms with Gasteiger partial charge in [-0.15, -0.1) is 0 Å². The maximum atomic E-state index is 12.2. The fourth-order valence-corrected chi connectivity index (χ4v) is 4.24. The molecule has 0 atom stereocenters. The minimum absolute atomic E-state index is 0.0528. The molecular weight excluding hydrogens is 430 g/mol. The number of carbonyl (C=O) groups excluding carboxylic acids is 1. The highest BCUT2D eigenvalue weighted by atomic mass is 32.2. The van der Waals surface area contributed by atoms with Crippen LogP contribution in [-0.2, 0) is 4.74 Å². The third-order valence-corrected chi connectivity index (χ3v) is 5.78. The van der Waals surface area contributed by atoms with Crippen molar-refractivity contribution in [2.24, 2.45) is 0 Å². The second kappa shape index (κ2) is 8.98. The zero-order chi connectivity index (χ0) is 22.7. The number of benzene rings is 2. The first-order valence-electron chi connectivity index (χ1n) is 9.43. The van der Waals surface area contributed by atoms with Crippen molar-refractivity contribution >= 4 is 45.8 Å². The van der Waals surface area contributed by atoms with Crippen molar-refractivity contribution in [3.8, 4) is 0 Å². The second-order valence-electron chi connectivity index (χ2n) is 6.61. The van der Waals surface area contributed by atoms with Gasteiger partial charge in [0.25, 0.3) is 0 Å². The van der Waals surface area contributed by atoms with Crippen LogP contribution in [0.2, 0.25) is 0 Å². The molecule has 160 valence electrons. The lowest BCUT2D eigenvalue weighted by molar-refractivity contribution is -0.387. The number of hydrogen-bond acceptors (Lipinski definition) is 9. The van der Waals surface area contributed by atoms with E-state index in [1.165, 1.54) is 18.3 Å². The molecule has 0 aliphatic rings. The van der Waals surface area contributed by atoms with Crippen LogP contribution in [0.4, 0.5) is 17.2 Å². The number of esters is 1. The van der Waals surface area contributed by atoms with Crippen molar-refractivity contribution in [2.75, 3.05) is 19.1 Å². The number of carbonyl (C=O) groups is 1. The number of ether oxygens (including phenoxy) is 1. The van der Waals surface area contributed by atoms with Gasteiger partial charge in [0.15, 0.2) is 5.03 Å². The molecule has 2 aromatic carbocycles. The summed E-state index contributed by atoms with van der Waals surface area (Å²) in [5.41, 5.74) is 1.13. The maximum absolute atomic E-state index is 12.2. The van der Waals surface area contributed by atoms with Crippen LogP contribution in [0.15, 0.2) is 77.0 Å². The topological polar surface area (TPSA) is 111 Å². The number of methoxy groups -OCH3 is 1. The van der Waals surface area contributed by atoms with Gasteiger partial charge in [0.2, 0.25) is 5.82 Å². The van der Waals surface area contributed by atoms with Crippen LogP contribution >= 0.6 is 11.8 Å². The summed E-state index contributed by atoms with van der Waals surface area (Å²) in [6.07, 6.45) is 2.93. The molecule has 0 aliphatic carbocycles. The molecule has 10 heteroatoms. The van der Waals surface area contributed by atoms with Gasteiger partial charge in [-0.1, -0.05) is 42.1 Å². The molecule has 4 rings (SSSR count). The van der Waals surface area contributed by atoms with E-state index >= 15 is 0 Å². The highest BCUT2D eigenvalue weighted by molar-refractivity contribution is 7.99. The summed E-state index contributed by atoms with van der Waals surface area (Å²) in [5, 5.41) is 13.2. The molecule has 2 heterocycles. The maximum Gasteiger partial charge on any atom is 0.344 e. The molecule has 2 aromatic heterocycles. The summed E-state index contributed by atoms with van der Waals surface area (Å²) in [7, 11) is 2.88. The summed E-state index contributed by atoms with van der Waals surface area (Å²) < 4.78 is 4.84. The van der Waals surface area contributed by atoms with Crippen molar-refractivity contribution in [2.45, 2.75) is 9.92 Å². The molecule has 0 saturated heterocycles. The number of hydrogen-bond donors (Lipinski definition) is 0. The van der Waals surface area contributed by atoms with Crippen LogP contribution in [0.5, 0.6) is 0 Å². The standard InChI is InChI=1S/C22H17N5O4S/c1-26(16-10-4-3-9-15(16)22(28)31-2)20-19(27(29)30)21(25-13-24-20)32-17-11-5-7-14-8-6-12-23-18(14)17/h3-13H,1-2H3. The van der Waals surface area contributed by atoms with Crippen LogP contribution in [0.1, 0.15) is 10.4 Å². The van der Waals surface area contributed by atoms with E-state index in [9.17, 15) is 14.9 Å². The normalized spacial score (nSPS) is 10.7. The fourth-order valence-electron chi connectivity index (χ4n) is 3.26. The smallest absolute Gasteiger partial charge is 0.344 e. The molecule has 0 saturated carbocycles. The van der Waals surface area contributed by atoms with Gasteiger partial charge in [-0.3, -0.25) is 15.1 Å². The SMILES string of the molecule is COC(=O)c1ccccc1N(C)c1ncnc(Sc2cccc3cccnc23)c1[N+](=O)[O-]. The number of fused-ring (bicyclic) bond motifs is 1. The van der Waals surface area contributed by atoms with Crippen LogP contribution in [0.25, 0.3) is 10.9 Å². The Labute approximate surface area is 187 Å². The number of nitro groups is 1. The zero-order valence-corrected chi connectivity index (χ0v) is 17.9. The Hall–Kier alpha value is -4.05. The highest BCUT2D eigenvalue weighted by Gasteiger charge is 2.29. The van der Waals surface area contributed by atoms with Crippen LogP contribution in [0, 0.1) is 10.1 Å². The van der Waals surface area contributed by atoms with E-state index < -0.39 is 10.9 Å². The quantitative estimate of drug-likeness (QED) is 0.181. The Kier molecular flexibility index (Phi) is 5.95. The summed E-state index contributed by atoms with van der Waals surface area (Å²) in [4.78, 5) is 38.7. The van der Waals surface area contributed by atoms with Crippen LogP contribution < -0.4 is 4.90 Å². The number of pyridine rings is 1. The van der Waals surface area contributed by atoms with Gasteiger partial charge in [0, 0.05) is 23.5 Å². The van der Waals surface area contributed by atoms with Gasteiger partial charge >= 0.3 is 11.7 Å². The minimum Gasteiger partial charge on any atom is -0.465 e. The number of nitrogens with zero attached hydrogens (tertiary/aromatic N) is 5. The van der Waals surface area contributed by atoms with Crippen LogP contribution in [0.3, 0.4) is 0 Å².